The van der Waals surface area contributed by atoms with Gasteiger partial charge in [-0.05, 0) is 31.0 Å². The number of nitrogens with zero attached hydrogens (tertiary/aromatic N) is 3. The second kappa shape index (κ2) is 7.31. The molecule has 0 aliphatic rings. The van der Waals surface area contributed by atoms with Crippen molar-refractivity contribution in [2.24, 2.45) is 7.05 Å². The summed E-state index contributed by atoms with van der Waals surface area (Å²) >= 11 is 1.16. The van der Waals surface area contributed by atoms with E-state index in [4.69, 9.17) is 9.84 Å². The van der Waals surface area contributed by atoms with Crippen LogP contribution in [0.4, 0.5) is 0 Å². The van der Waals surface area contributed by atoms with E-state index in [1.165, 1.54) is 5.56 Å². The Kier molecular flexibility index (Phi) is 5.43. The Morgan fingerprint density at radius 3 is 2.64 bits per heavy atom. The number of thioether (sulfide) groups is 1. The molecule has 2 rings (SSSR count). The van der Waals surface area contributed by atoms with Crippen molar-refractivity contribution < 1.29 is 14.6 Å². The third kappa shape index (κ3) is 4.00. The molecule has 0 saturated heterocycles. The van der Waals surface area contributed by atoms with Gasteiger partial charge < -0.3 is 14.4 Å². The van der Waals surface area contributed by atoms with Gasteiger partial charge >= 0.3 is 5.97 Å². The van der Waals surface area contributed by atoms with Crippen LogP contribution >= 0.6 is 11.8 Å². The van der Waals surface area contributed by atoms with Crippen molar-refractivity contribution in [1.82, 2.24) is 14.8 Å². The highest BCUT2D eigenvalue weighted by molar-refractivity contribution is 8.00. The number of benzene rings is 1. The first kappa shape index (κ1) is 16.4. The van der Waals surface area contributed by atoms with Gasteiger partial charge in [-0.3, -0.25) is 4.79 Å². The molecule has 7 heteroatoms. The topological polar surface area (TPSA) is 77.2 Å². The van der Waals surface area contributed by atoms with Crippen LogP contribution in [0.1, 0.15) is 25.2 Å². The Bertz CT molecular complexity index is 640. The largest absolute Gasteiger partial charge is 0.486 e. The second-order valence-corrected chi connectivity index (χ2v) is 6.15. The first-order chi connectivity index (χ1) is 10.5. The van der Waals surface area contributed by atoms with Crippen LogP contribution in [0.15, 0.2) is 29.4 Å². The van der Waals surface area contributed by atoms with Crippen molar-refractivity contribution in [2.45, 2.75) is 37.3 Å². The van der Waals surface area contributed by atoms with Crippen molar-refractivity contribution in [3.63, 3.8) is 0 Å². The molecule has 0 unspecified atom stereocenters. The monoisotopic (exact) mass is 321 g/mol. The summed E-state index contributed by atoms with van der Waals surface area (Å²) in [4.78, 5) is 10.9. The van der Waals surface area contributed by atoms with E-state index >= 15 is 0 Å². The Labute approximate surface area is 133 Å². The zero-order valence-electron chi connectivity index (χ0n) is 12.8. The van der Waals surface area contributed by atoms with E-state index in [1.54, 1.807) is 18.5 Å². The fourth-order valence-electron chi connectivity index (χ4n) is 1.75. The van der Waals surface area contributed by atoms with Crippen molar-refractivity contribution in [1.29, 1.82) is 0 Å². The fraction of sp³-hybridized carbons (Fsp3) is 0.400. The molecule has 0 saturated carbocycles. The first-order valence-corrected chi connectivity index (χ1v) is 7.88. The van der Waals surface area contributed by atoms with Crippen LogP contribution in [0.3, 0.4) is 0 Å². The highest BCUT2D eigenvalue weighted by atomic mass is 32.2. The van der Waals surface area contributed by atoms with E-state index in [-0.39, 0.29) is 6.61 Å². The van der Waals surface area contributed by atoms with Gasteiger partial charge in [-0.15, -0.1) is 10.2 Å². The number of carboxylic acids is 1. The average molecular weight is 321 g/mol. The number of carboxylic acid groups (broad SMARTS) is 1. The molecule has 1 atom stereocenters. The molecule has 1 N–H and O–H groups in total. The second-order valence-electron chi connectivity index (χ2n) is 4.84. The SMILES string of the molecule is CCc1ccc(OCc2nnc(S[C@H](C)C(=O)O)n2C)cc1. The molecule has 1 aromatic heterocycles. The summed E-state index contributed by atoms with van der Waals surface area (Å²) in [5.41, 5.74) is 1.26. The Morgan fingerprint density at radius 1 is 1.36 bits per heavy atom. The summed E-state index contributed by atoms with van der Waals surface area (Å²) in [6, 6.07) is 7.92. The molecular formula is C15H19N3O3S. The zero-order chi connectivity index (χ0) is 16.1. The summed E-state index contributed by atoms with van der Waals surface area (Å²) in [6.45, 7) is 4.01. The normalized spacial score (nSPS) is 12.1. The molecule has 0 spiro atoms. The smallest absolute Gasteiger partial charge is 0.316 e. The van der Waals surface area contributed by atoms with Crippen LogP contribution in [0.2, 0.25) is 0 Å². The highest BCUT2D eigenvalue weighted by Crippen LogP contribution is 2.22. The molecule has 0 bridgehead atoms. The third-order valence-corrected chi connectivity index (χ3v) is 4.38. The molecule has 22 heavy (non-hydrogen) atoms. The summed E-state index contributed by atoms with van der Waals surface area (Å²) in [5, 5.41) is 17.0. The van der Waals surface area contributed by atoms with E-state index in [0.29, 0.717) is 11.0 Å². The summed E-state index contributed by atoms with van der Waals surface area (Å²) < 4.78 is 7.44. The predicted molar refractivity (Wildman–Crippen MR) is 84.1 cm³/mol. The van der Waals surface area contributed by atoms with Gasteiger partial charge in [0.1, 0.15) is 17.6 Å². The molecule has 0 fully saturated rings. The van der Waals surface area contributed by atoms with E-state index in [2.05, 4.69) is 17.1 Å². The molecule has 1 aromatic carbocycles. The highest BCUT2D eigenvalue weighted by Gasteiger charge is 2.17. The number of aryl methyl sites for hydroxylation is 1. The standard InChI is InChI=1S/C15H19N3O3S/c1-4-11-5-7-12(8-6-11)21-9-13-16-17-15(18(13)3)22-10(2)14(19)20/h5-8,10H,4,9H2,1-3H3,(H,19,20)/t10-/m1/s1. The quantitative estimate of drug-likeness (QED) is 0.790. The Morgan fingerprint density at radius 2 is 2.05 bits per heavy atom. The minimum Gasteiger partial charge on any atom is -0.486 e. The molecular weight excluding hydrogens is 302 g/mol. The van der Waals surface area contributed by atoms with Crippen molar-refractivity contribution in [3.8, 4) is 5.75 Å². The van der Waals surface area contributed by atoms with Gasteiger partial charge in [-0.25, -0.2) is 0 Å². The van der Waals surface area contributed by atoms with Crippen LogP contribution in [0, 0.1) is 0 Å². The average Bonchev–Trinajstić information content (AvgIpc) is 2.86. The van der Waals surface area contributed by atoms with Gasteiger partial charge in [0, 0.05) is 7.05 Å². The van der Waals surface area contributed by atoms with E-state index in [0.717, 1.165) is 23.9 Å². The number of aliphatic carboxylic acids is 1. The van der Waals surface area contributed by atoms with Gasteiger partial charge in [-0.1, -0.05) is 30.8 Å². The minimum atomic E-state index is -0.873. The molecule has 0 aliphatic heterocycles. The predicted octanol–water partition coefficient (Wildman–Crippen LogP) is 2.52. The maximum atomic E-state index is 10.9. The maximum Gasteiger partial charge on any atom is 0.316 e. The third-order valence-electron chi connectivity index (χ3n) is 3.25. The Hall–Kier alpha value is -2.02. The first-order valence-electron chi connectivity index (χ1n) is 7.00. The zero-order valence-corrected chi connectivity index (χ0v) is 13.6. The van der Waals surface area contributed by atoms with Gasteiger partial charge in [0.15, 0.2) is 11.0 Å². The summed E-state index contributed by atoms with van der Waals surface area (Å²) in [7, 11) is 1.80. The number of aromatic nitrogens is 3. The van der Waals surface area contributed by atoms with E-state index < -0.39 is 11.2 Å². The van der Waals surface area contributed by atoms with Crippen molar-refractivity contribution in [2.75, 3.05) is 0 Å². The van der Waals surface area contributed by atoms with E-state index in [1.807, 2.05) is 24.3 Å². The number of hydrogen-bond acceptors (Lipinski definition) is 5. The molecule has 1 heterocycles. The number of ether oxygens (including phenoxy) is 1. The van der Waals surface area contributed by atoms with Gasteiger partial charge in [0.2, 0.25) is 0 Å². The lowest BCUT2D eigenvalue weighted by atomic mass is 10.2. The number of hydrogen-bond donors (Lipinski definition) is 1. The van der Waals surface area contributed by atoms with Crippen LogP contribution < -0.4 is 4.74 Å². The van der Waals surface area contributed by atoms with Crippen LogP contribution in [0.25, 0.3) is 0 Å². The summed E-state index contributed by atoms with van der Waals surface area (Å²) in [5.74, 6) is 0.551. The molecule has 0 aliphatic carbocycles. The number of carbonyl (C=O) groups is 1. The minimum absolute atomic E-state index is 0.289. The van der Waals surface area contributed by atoms with Crippen molar-refractivity contribution in [3.05, 3.63) is 35.7 Å². The fourth-order valence-corrected chi connectivity index (χ4v) is 2.52. The Balaban J connectivity index is 1.98. The maximum absolute atomic E-state index is 10.9. The van der Waals surface area contributed by atoms with Crippen LogP contribution in [0.5, 0.6) is 5.75 Å². The molecule has 6 nitrogen and oxygen atoms in total. The molecule has 0 amide bonds. The molecule has 118 valence electrons. The molecule has 0 radical (unpaired) electrons. The lowest BCUT2D eigenvalue weighted by Gasteiger charge is -2.08. The summed E-state index contributed by atoms with van der Waals surface area (Å²) in [6.07, 6.45) is 0.992. The van der Waals surface area contributed by atoms with Crippen LogP contribution in [-0.4, -0.2) is 31.1 Å². The van der Waals surface area contributed by atoms with Crippen molar-refractivity contribution >= 4 is 17.7 Å². The van der Waals surface area contributed by atoms with Gasteiger partial charge in [-0.2, -0.15) is 0 Å². The lowest BCUT2D eigenvalue weighted by molar-refractivity contribution is -0.136. The van der Waals surface area contributed by atoms with Crippen LogP contribution in [-0.2, 0) is 24.9 Å². The molecule has 2 aromatic rings. The lowest BCUT2D eigenvalue weighted by Crippen LogP contribution is -2.12. The number of rotatable bonds is 7. The van der Waals surface area contributed by atoms with Gasteiger partial charge in [0.25, 0.3) is 0 Å². The van der Waals surface area contributed by atoms with Gasteiger partial charge in [0.05, 0.1) is 0 Å². The van der Waals surface area contributed by atoms with E-state index in [9.17, 15) is 4.79 Å².